The Morgan fingerprint density at radius 3 is 2.68 bits per heavy atom. The number of fused-ring (bicyclic) bond motifs is 1. The first-order valence-corrected chi connectivity index (χ1v) is 9.51. The van der Waals surface area contributed by atoms with Crippen LogP contribution in [-0.4, -0.2) is 30.9 Å². The van der Waals surface area contributed by atoms with Crippen LogP contribution in [0.15, 0.2) is 35.4 Å². The lowest BCUT2D eigenvalue weighted by molar-refractivity contribution is -0.121. The number of carbonyl (C=O) groups is 3. The zero-order valence-corrected chi connectivity index (χ0v) is 16.3. The summed E-state index contributed by atoms with van der Waals surface area (Å²) in [6.45, 7) is 2.19. The highest BCUT2D eigenvalue weighted by Crippen LogP contribution is 2.39. The highest BCUT2D eigenvalue weighted by Gasteiger charge is 2.27. The van der Waals surface area contributed by atoms with Crippen molar-refractivity contribution in [1.29, 1.82) is 0 Å². The number of nitrogens with two attached hydrogens (primary N) is 1. The number of halogens is 1. The fourth-order valence-corrected chi connectivity index (χ4v) is 3.56. The molecule has 28 heavy (non-hydrogen) atoms. The van der Waals surface area contributed by atoms with E-state index in [0.717, 1.165) is 12.8 Å². The van der Waals surface area contributed by atoms with Crippen molar-refractivity contribution < 1.29 is 19.1 Å². The maximum atomic E-state index is 12.8. The Bertz CT molecular complexity index is 892. The molecule has 0 saturated heterocycles. The zero-order valence-electron chi connectivity index (χ0n) is 15.6. The molecule has 3 N–H and O–H groups in total. The molecule has 1 aromatic carbocycles. The Morgan fingerprint density at radius 2 is 2.00 bits per heavy atom. The van der Waals surface area contributed by atoms with Crippen molar-refractivity contribution >= 4 is 40.7 Å². The topological polar surface area (TPSA) is 102 Å². The van der Waals surface area contributed by atoms with Crippen LogP contribution in [0, 0.1) is 0 Å². The Labute approximate surface area is 168 Å². The average molecular weight is 404 g/mol. The van der Waals surface area contributed by atoms with Crippen LogP contribution < -0.4 is 20.7 Å². The van der Waals surface area contributed by atoms with Gasteiger partial charge >= 0.3 is 0 Å². The van der Waals surface area contributed by atoms with Crippen LogP contribution in [-0.2, 0) is 14.4 Å². The largest absolute Gasteiger partial charge is 0.482 e. The molecule has 1 aliphatic carbocycles. The standard InChI is InChI=1S/C20H22ClN3O4/c1-2-3-8-24-16-10-15(14(21)9-17(16)28-11-18(24)25)23-20(27)13-7-5-4-6-12(13)19(22)26/h2-3,9-10H,4-8,11H2,1H3,(H2,22,26)(H,23,27)/b3-2+. The van der Waals surface area contributed by atoms with Gasteiger partial charge in [-0.3, -0.25) is 14.4 Å². The zero-order chi connectivity index (χ0) is 20.3. The molecule has 8 heteroatoms. The number of allylic oxidation sites excluding steroid dienone is 1. The molecule has 3 amide bonds. The van der Waals surface area contributed by atoms with Crippen molar-refractivity contribution in [3.05, 3.63) is 40.5 Å². The third-order valence-electron chi connectivity index (χ3n) is 4.80. The van der Waals surface area contributed by atoms with Crippen LogP contribution >= 0.6 is 11.6 Å². The smallest absolute Gasteiger partial charge is 0.265 e. The Morgan fingerprint density at radius 1 is 1.29 bits per heavy atom. The lowest BCUT2D eigenvalue weighted by Crippen LogP contribution is -2.39. The van der Waals surface area contributed by atoms with Crippen molar-refractivity contribution in [2.45, 2.75) is 32.6 Å². The molecule has 1 heterocycles. The van der Waals surface area contributed by atoms with Crippen LogP contribution in [0.25, 0.3) is 0 Å². The summed E-state index contributed by atoms with van der Waals surface area (Å²) < 4.78 is 5.47. The van der Waals surface area contributed by atoms with Gasteiger partial charge in [-0.2, -0.15) is 0 Å². The number of rotatable bonds is 5. The number of hydrogen-bond donors (Lipinski definition) is 2. The molecule has 0 aromatic heterocycles. The fourth-order valence-electron chi connectivity index (χ4n) is 3.35. The second kappa shape index (κ2) is 8.48. The van der Waals surface area contributed by atoms with Crippen molar-refractivity contribution in [3.63, 3.8) is 0 Å². The second-order valence-corrected chi connectivity index (χ2v) is 7.05. The molecule has 1 aliphatic heterocycles. The molecule has 148 valence electrons. The highest BCUT2D eigenvalue weighted by molar-refractivity contribution is 6.34. The molecule has 2 aliphatic rings. The first-order chi connectivity index (χ1) is 13.4. The SMILES string of the molecule is C/C=C/CN1C(=O)COc2cc(Cl)c(NC(=O)C3=C(C(N)=O)CCCC3)cc21. The van der Waals surface area contributed by atoms with Crippen LogP contribution in [0.1, 0.15) is 32.6 Å². The molecule has 0 atom stereocenters. The number of ether oxygens (including phenoxy) is 1. The molecule has 0 radical (unpaired) electrons. The summed E-state index contributed by atoms with van der Waals surface area (Å²) in [5, 5.41) is 3.04. The van der Waals surface area contributed by atoms with Crippen LogP contribution in [0.4, 0.5) is 11.4 Å². The van der Waals surface area contributed by atoms with E-state index < -0.39 is 11.8 Å². The number of hydrogen-bond acceptors (Lipinski definition) is 4. The van der Waals surface area contributed by atoms with Gasteiger partial charge in [0, 0.05) is 23.8 Å². The average Bonchev–Trinajstić information content (AvgIpc) is 2.68. The van der Waals surface area contributed by atoms with Gasteiger partial charge in [0.2, 0.25) is 5.91 Å². The van der Waals surface area contributed by atoms with E-state index in [1.807, 2.05) is 19.1 Å². The van der Waals surface area contributed by atoms with E-state index >= 15 is 0 Å². The monoisotopic (exact) mass is 403 g/mol. The molecule has 0 unspecified atom stereocenters. The Kier molecular flexibility index (Phi) is 6.04. The highest BCUT2D eigenvalue weighted by atomic mass is 35.5. The van der Waals surface area contributed by atoms with Gasteiger partial charge < -0.3 is 20.7 Å². The molecule has 1 aromatic rings. The fraction of sp³-hybridized carbons (Fsp3) is 0.350. The normalized spacial score (nSPS) is 16.8. The van der Waals surface area contributed by atoms with Crippen molar-refractivity contribution in [2.75, 3.05) is 23.4 Å². The summed E-state index contributed by atoms with van der Waals surface area (Å²) in [4.78, 5) is 38.2. The summed E-state index contributed by atoms with van der Waals surface area (Å²) in [6.07, 6.45) is 6.33. The van der Waals surface area contributed by atoms with Gasteiger partial charge in [0.05, 0.1) is 16.4 Å². The summed E-state index contributed by atoms with van der Waals surface area (Å²) in [5.41, 5.74) is 7.05. The maximum absolute atomic E-state index is 12.8. The molecular weight excluding hydrogens is 382 g/mol. The quantitative estimate of drug-likeness (QED) is 0.738. The third kappa shape index (κ3) is 4.04. The molecule has 7 nitrogen and oxygen atoms in total. The first-order valence-electron chi connectivity index (χ1n) is 9.13. The van der Waals surface area contributed by atoms with Crippen LogP contribution in [0.3, 0.4) is 0 Å². The van der Waals surface area contributed by atoms with Crippen molar-refractivity contribution in [2.24, 2.45) is 5.73 Å². The number of benzene rings is 1. The van der Waals surface area contributed by atoms with E-state index in [9.17, 15) is 14.4 Å². The summed E-state index contributed by atoms with van der Waals surface area (Å²) in [7, 11) is 0. The van der Waals surface area contributed by atoms with Gasteiger partial charge in [-0.15, -0.1) is 0 Å². The van der Waals surface area contributed by atoms with Gasteiger partial charge in [-0.25, -0.2) is 0 Å². The van der Waals surface area contributed by atoms with Gasteiger partial charge in [0.25, 0.3) is 11.8 Å². The predicted octanol–water partition coefficient (Wildman–Crippen LogP) is 2.94. The number of anilines is 2. The van der Waals surface area contributed by atoms with Crippen molar-refractivity contribution in [1.82, 2.24) is 0 Å². The lowest BCUT2D eigenvalue weighted by Gasteiger charge is -2.29. The van der Waals surface area contributed by atoms with E-state index in [2.05, 4.69) is 5.32 Å². The lowest BCUT2D eigenvalue weighted by atomic mass is 9.90. The Hall–Kier alpha value is -2.80. The number of primary amides is 1. The summed E-state index contributed by atoms with van der Waals surface area (Å²) >= 11 is 6.31. The number of nitrogens with one attached hydrogen (secondary N) is 1. The number of carbonyl (C=O) groups excluding carboxylic acids is 3. The molecule has 3 rings (SSSR count). The van der Waals surface area contributed by atoms with E-state index in [4.69, 9.17) is 22.1 Å². The van der Waals surface area contributed by atoms with Gasteiger partial charge in [0.15, 0.2) is 6.61 Å². The maximum Gasteiger partial charge on any atom is 0.265 e. The van der Waals surface area contributed by atoms with Crippen LogP contribution in [0.2, 0.25) is 5.02 Å². The summed E-state index contributed by atoms with van der Waals surface area (Å²) in [5.74, 6) is -0.686. The number of nitrogens with zero attached hydrogens (tertiary/aromatic N) is 1. The van der Waals surface area contributed by atoms with E-state index in [1.54, 1.807) is 17.0 Å². The molecule has 0 bridgehead atoms. The minimum Gasteiger partial charge on any atom is -0.482 e. The molecule has 0 saturated carbocycles. The summed E-state index contributed by atoms with van der Waals surface area (Å²) in [6, 6.07) is 3.19. The van der Waals surface area contributed by atoms with Gasteiger partial charge in [-0.05, 0) is 38.7 Å². The van der Waals surface area contributed by atoms with E-state index in [0.29, 0.717) is 47.7 Å². The van der Waals surface area contributed by atoms with Gasteiger partial charge in [-0.1, -0.05) is 23.8 Å². The van der Waals surface area contributed by atoms with Crippen LogP contribution in [0.5, 0.6) is 5.75 Å². The predicted molar refractivity (Wildman–Crippen MR) is 107 cm³/mol. The third-order valence-corrected chi connectivity index (χ3v) is 5.12. The number of amides is 3. The minimum absolute atomic E-state index is 0.0680. The second-order valence-electron chi connectivity index (χ2n) is 6.64. The first kappa shape index (κ1) is 19.9. The molecular formula is C20H22ClN3O4. The van der Waals surface area contributed by atoms with Crippen molar-refractivity contribution in [3.8, 4) is 5.75 Å². The minimum atomic E-state index is -0.571. The van der Waals surface area contributed by atoms with Gasteiger partial charge in [0.1, 0.15) is 5.75 Å². The molecule has 0 fully saturated rings. The van der Waals surface area contributed by atoms with E-state index in [1.165, 1.54) is 0 Å². The Balaban J connectivity index is 1.93. The van der Waals surface area contributed by atoms with E-state index in [-0.39, 0.29) is 17.5 Å². The molecule has 0 spiro atoms.